The number of fused-ring (bicyclic) bond motifs is 1. The molecule has 0 aliphatic carbocycles. The van der Waals surface area contributed by atoms with Crippen molar-refractivity contribution in [2.75, 3.05) is 17.3 Å². The summed E-state index contributed by atoms with van der Waals surface area (Å²) in [4.78, 5) is 15.1. The summed E-state index contributed by atoms with van der Waals surface area (Å²) in [7, 11) is 1.58. The van der Waals surface area contributed by atoms with Crippen LogP contribution >= 0.6 is 0 Å². The number of anilines is 3. The number of nitrogens with one attached hydrogen (secondary N) is 2. The normalized spacial score (nSPS) is 13.8. The average molecular weight is 426 g/mol. The predicted molar refractivity (Wildman–Crippen MR) is 127 cm³/mol. The number of rotatable bonds is 6. The minimum absolute atomic E-state index is 0.0361. The number of aliphatic hydroxyl groups is 1. The minimum atomic E-state index is -0.0361. The van der Waals surface area contributed by atoms with Crippen LogP contribution < -0.4 is 15.0 Å². The van der Waals surface area contributed by atoms with Crippen LogP contribution in [0, 0.1) is 5.41 Å². The second-order valence-electron chi connectivity index (χ2n) is 6.87. The predicted octanol–water partition coefficient (Wildman–Crippen LogP) is 4.28. The number of aliphatic imine (C=N–C) groups is 1. The van der Waals surface area contributed by atoms with Gasteiger partial charge in [0, 0.05) is 35.8 Å². The van der Waals surface area contributed by atoms with Gasteiger partial charge in [0.15, 0.2) is 5.82 Å². The molecule has 0 fully saturated rings. The molecule has 1 aromatic carbocycles. The van der Waals surface area contributed by atoms with Gasteiger partial charge in [-0.3, -0.25) is 10.3 Å². The Morgan fingerprint density at radius 1 is 1.22 bits per heavy atom. The summed E-state index contributed by atoms with van der Waals surface area (Å²) in [5.74, 6) is 1.92. The number of hydrogen-bond donors (Lipinski definition) is 3. The van der Waals surface area contributed by atoms with Crippen LogP contribution in [0.3, 0.4) is 0 Å². The first-order chi connectivity index (χ1) is 15.6. The lowest BCUT2D eigenvalue weighted by atomic mass is 10.1. The van der Waals surface area contributed by atoms with Gasteiger partial charge in [0.05, 0.1) is 25.1 Å². The van der Waals surface area contributed by atoms with Crippen LogP contribution in [0.4, 0.5) is 17.2 Å². The average Bonchev–Trinajstić information content (AvgIpc) is 3.19. The molecule has 0 amide bonds. The van der Waals surface area contributed by atoms with Crippen LogP contribution in [0.15, 0.2) is 84.3 Å². The fourth-order valence-electron chi connectivity index (χ4n) is 3.25. The van der Waals surface area contributed by atoms with Crippen molar-refractivity contribution in [1.82, 2.24) is 9.97 Å². The number of allylic oxidation sites excluding steroid dienone is 1. The molecule has 3 heterocycles. The zero-order chi connectivity index (χ0) is 22.5. The summed E-state index contributed by atoms with van der Waals surface area (Å²) >= 11 is 0. The lowest BCUT2D eigenvalue weighted by Crippen LogP contribution is -2.16. The minimum Gasteiger partial charge on any atom is -0.481 e. The third-order valence-electron chi connectivity index (χ3n) is 4.80. The number of nitrogens with zero attached hydrogens (tertiary/aromatic N) is 4. The molecule has 8 nitrogen and oxygen atoms in total. The number of benzene rings is 1. The third-order valence-corrected chi connectivity index (χ3v) is 4.80. The van der Waals surface area contributed by atoms with Gasteiger partial charge in [0.2, 0.25) is 5.88 Å². The van der Waals surface area contributed by atoms with E-state index in [1.165, 1.54) is 12.3 Å². The van der Waals surface area contributed by atoms with E-state index < -0.39 is 0 Å². The monoisotopic (exact) mass is 426 g/mol. The van der Waals surface area contributed by atoms with E-state index in [4.69, 9.17) is 15.1 Å². The lowest BCUT2D eigenvalue weighted by molar-refractivity contribution is 0.282. The van der Waals surface area contributed by atoms with Crippen LogP contribution in [0.25, 0.3) is 11.3 Å². The Morgan fingerprint density at radius 2 is 2.03 bits per heavy atom. The Morgan fingerprint density at radius 3 is 2.69 bits per heavy atom. The van der Waals surface area contributed by atoms with Crippen LogP contribution in [-0.2, 0) is 6.61 Å². The van der Waals surface area contributed by atoms with Gasteiger partial charge >= 0.3 is 0 Å². The van der Waals surface area contributed by atoms with Crippen molar-refractivity contribution in [1.29, 1.82) is 5.41 Å². The number of hydrogen-bond acceptors (Lipinski definition) is 7. The zero-order valence-corrected chi connectivity index (χ0v) is 17.5. The van der Waals surface area contributed by atoms with Crippen molar-refractivity contribution in [3.63, 3.8) is 0 Å². The molecule has 0 bridgehead atoms. The number of methoxy groups -OCH3 is 1. The number of amidine groups is 1. The molecular weight excluding hydrogens is 404 g/mol. The fourth-order valence-corrected chi connectivity index (χ4v) is 3.25. The van der Waals surface area contributed by atoms with E-state index in [-0.39, 0.29) is 12.4 Å². The van der Waals surface area contributed by atoms with E-state index >= 15 is 0 Å². The van der Waals surface area contributed by atoms with Crippen LogP contribution in [0.2, 0.25) is 0 Å². The molecule has 8 heteroatoms. The summed E-state index contributed by atoms with van der Waals surface area (Å²) in [6, 6.07) is 15.0. The highest BCUT2D eigenvalue weighted by atomic mass is 16.5. The molecule has 0 saturated carbocycles. The van der Waals surface area contributed by atoms with Gasteiger partial charge in [-0.05, 0) is 35.9 Å². The topological polar surface area (TPSA) is 107 Å². The second-order valence-corrected chi connectivity index (χ2v) is 6.87. The Labute approximate surface area is 185 Å². The summed E-state index contributed by atoms with van der Waals surface area (Å²) in [5, 5.41) is 20.8. The first kappa shape index (κ1) is 21.0. The molecule has 0 saturated heterocycles. The van der Waals surface area contributed by atoms with Crippen LogP contribution in [-0.4, -0.2) is 34.2 Å². The number of aliphatic hydroxyl groups excluding tert-OH is 1. The number of ether oxygens (including phenoxy) is 1. The maximum atomic E-state index is 9.39. The Kier molecular flexibility index (Phi) is 6.05. The standard InChI is InChI=1S/C24H22N6O2/c1-3-12-26-21(25)13-22-28-20-10-9-19(17-6-11-23(32-2)27-14-17)29-24(20)30(22)18-7-4-16(15-31)5-8-18/h3-14,25,28,31H,1,15H2,2H3. The van der Waals surface area contributed by atoms with E-state index in [1.807, 2.05) is 47.4 Å². The highest BCUT2D eigenvalue weighted by Crippen LogP contribution is 2.41. The van der Waals surface area contributed by atoms with Gasteiger partial charge in [-0.1, -0.05) is 24.8 Å². The molecule has 0 radical (unpaired) electrons. The highest BCUT2D eigenvalue weighted by molar-refractivity contribution is 6.00. The number of aromatic nitrogens is 2. The van der Waals surface area contributed by atoms with Crippen molar-refractivity contribution < 1.29 is 9.84 Å². The van der Waals surface area contributed by atoms with Crippen molar-refractivity contribution in [3.05, 3.63) is 84.8 Å². The molecule has 3 N–H and O–H groups in total. The Bertz CT molecular complexity index is 1200. The lowest BCUT2D eigenvalue weighted by Gasteiger charge is -2.20. The zero-order valence-electron chi connectivity index (χ0n) is 17.5. The molecule has 0 atom stereocenters. The smallest absolute Gasteiger partial charge is 0.212 e. The van der Waals surface area contributed by atoms with E-state index in [0.717, 1.165) is 28.2 Å². The first-order valence-corrected chi connectivity index (χ1v) is 9.86. The largest absolute Gasteiger partial charge is 0.481 e. The quantitative estimate of drug-likeness (QED) is 0.401. The van der Waals surface area contributed by atoms with Crippen LogP contribution in [0.1, 0.15) is 5.56 Å². The van der Waals surface area contributed by atoms with Crippen LogP contribution in [0.5, 0.6) is 5.88 Å². The summed E-state index contributed by atoms with van der Waals surface area (Å²) in [6.45, 7) is 3.55. The van der Waals surface area contributed by atoms with Crippen molar-refractivity contribution in [2.45, 2.75) is 6.61 Å². The Hall–Kier alpha value is -4.30. The van der Waals surface area contributed by atoms with E-state index in [0.29, 0.717) is 17.5 Å². The first-order valence-electron chi connectivity index (χ1n) is 9.86. The molecule has 1 aliphatic heterocycles. The molecule has 4 rings (SSSR count). The van der Waals surface area contributed by atoms with Crippen molar-refractivity contribution >= 4 is 29.2 Å². The molecule has 3 aromatic rings. The maximum absolute atomic E-state index is 9.39. The molecule has 0 unspecified atom stereocenters. The third kappa shape index (κ3) is 4.26. The molecule has 32 heavy (non-hydrogen) atoms. The van der Waals surface area contributed by atoms with Gasteiger partial charge in [-0.15, -0.1) is 0 Å². The molecule has 0 spiro atoms. The Balaban J connectivity index is 1.78. The molecule has 1 aliphatic rings. The van der Waals surface area contributed by atoms with Gasteiger partial charge in [-0.2, -0.15) is 0 Å². The summed E-state index contributed by atoms with van der Waals surface area (Å²) in [6.07, 6.45) is 6.32. The summed E-state index contributed by atoms with van der Waals surface area (Å²) in [5.41, 5.74) is 4.04. The fraction of sp³-hybridized carbons (Fsp3) is 0.0833. The van der Waals surface area contributed by atoms with E-state index in [1.54, 1.807) is 25.4 Å². The van der Waals surface area contributed by atoms with Gasteiger partial charge in [-0.25, -0.2) is 15.0 Å². The highest BCUT2D eigenvalue weighted by Gasteiger charge is 2.28. The SMILES string of the molecule is C=CC=NC(=N)C=C1Nc2ccc(-c3ccc(OC)nc3)nc2N1c1ccc(CO)cc1. The van der Waals surface area contributed by atoms with Crippen molar-refractivity contribution in [3.8, 4) is 17.1 Å². The maximum Gasteiger partial charge on any atom is 0.212 e. The second kappa shape index (κ2) is 9.23. The van der Waals surface area contributed by atoms with E-state index in [2.05, 4.69) is 21.9 Å². The molecular formula is C24H22N6O2. The van der Waals surface area contributed by atoms with Gasteiger partial charge < -0.3 is 15.2 Å². The molecule has 2 aromatic heterocycles. The number of pyridine rings is 2. The van der Waals surface area contributed by atoms with Gasteiger partial charge in [0.1, 0.15) is 11.7 Å². The van der Waals surface area contributed by atoms with E-state index in [9.17, 15) is 5.11 Å². The summed E-state index contributed by atoms with van der Waals surface area (Å²) < 4.78 is 5.14. The van der Waals surface area contributed by atoms with Crippen molar-refractivity contribution in [2.24, 2.45) is 4.99 Å². The molecule has 160 valence electrons. The van der Waals surface area contributed by atoms with Gasteiger partial charge in [0.25, 0.3) is 0 Å².